The Hall–Kier alpha value is -1.13. The fourth-order valence-corrected chi connectivity index (χ4v) is 2.03. The molecule has 0 amide bonds. The van der Waals surface area contributed by atoms with E-state index in [2.05, 4.69) is 32.6 Å². The molecule has 0 spiro atoms. The number of rotatable bonds is 10. The molecule has 0 bridgehead atoms. The Kier molecular flexibility index (Phi) is 13.6. The predicted molar refractivity (Wildman–Crippen MR) is 108 cm³/mol. The molecule has 1 rings (SSSR count). The van der Waals surface area contributed by atoms with E-state index in [1.54, 1.807) is 27.5 Å². The van der Waals surface area contributed by atoms with Crippen LogP contribution in [0.25, 0.3) is 0 Å². The van der Waals surface area contributed by atoms with Crippen LogP contribution in [0.5, 0.6) is 5.88 Å². The summed E-state index contributed by atoms with van der Waals surface area (Å²) in [6, 6.07) is 3.86. The highest BCUT2D eigenvalue weighted by atomic mass is 127. The second kappa shape index (κ2) is 14.2. The van der Waals surface area contributed by atoms with Crippen LogP contribution in [0, 0.1) is 0 Å². The molecular weight excluding hydrogens is 421 g/mol. The first-order chi connectivity index (χ1) is 11.2. The van der Waals surface area contributed by atoms with E-state index in [0.717, 1.165) is 44.2 Å². The van der Waals surface area contributed by atoms with E-state index in [1.165, 1.54) is 0 Å². The molecule has 0 aliphatic carbocycles. The van der Waals surface area contributed by atoms with Crippen molar-refractivity contribution in [2.45, 2.75) is 13.0 Å². The molecule has 0 atom stereocenters. The Morgan fingerprint density at radius 3 is 2.75 bits per heavy atom. The number of aromatic nitrogens is 1. The van der Waals surface area contributed by atoms with E-state index in [9.17, 15) is 0 Å². The monoisotopic (exact) mass is 451 g/mol. The van der Waals surface area contributed by atoms with Crippen LogP contribution < -0.4 is 15.4 Å². The van der Waals surface area contributed by atoms with Gasteiger partial charge in [-0.2, -0.15) is 0 Å². The van der Waals surface area contributed by atoms with Crippen molar-refractivity contribution in [3.63, 3.8) is 0 Å². The normalized spacial score (nSPS) is 11.1. The van der Waals surface area contributed by atoms with Crippen molar-refractivity contribution < 1.29 is 9.47 Å². The largest absolute Gasteiger partial charge is 0.481 e. The molecule has 0 aliphatic heterocycles. The lowest BCUT2D eigenvalue weighted by Gasteiger charge is -2.18. The smallest absolute Gasteiger partial charge is 0.213 e. The molecule has 1 aromatic heterocycles. The molecule has 1 aromatic rings. The maximum absolute atomic E-state index is 5.12. The Morgan fingerprint density at radius 2 is 2.08 bits per heavy atom. The Morgan fingerprint density at radius 1 is 1.29 bits per heavy atom. The summed E-state index contributed by atoms with van der Waals surface area (Å²) in [7, 11) is 7.22. The van der Waals surface area contributed by atoms with Gasteiger partial charge in [-0.05, 0) is 25.1 Å². The van der Waals surface area contributed by atoms with E-state index >= 15 is 0 Å². The molecular formula is C16H30IN5O2. The van der Waals surface area contributed by atoms with E-state index in [-0.39, 0.29) is 24.0 Å². The SMILES string of the molecule is CN=C(NCCN(C)CCCOC)NCc1ccnc(OC)c1.I. The van der Waals surface area contributed by atoms with E-state index in [0.29, 0.717) is 12.4 Å². The first-order valence-electron chi connectivity index (χ1n) is 7.80. The minimum absolute atomic E-state index is 0. The molecule has 0 saturated carbocycles. The summed E-state index contributed by atoms with van der Waals surface area (Å²) in [4.78, 5) is 10.6. The maximum atomic E-state index is 5.12. The van der Waals surface area contributed by atoms with Gasteiger partial charge in [0.05, 0.1) is 7.11 Å². The van der Waals surface area contributed by atoms with Gasteiger partial charge < -0.3 is 25.0 Å². The van der Waals surface area contributed by atoms with Crippen LogP contribution in [0.15, 0.2) is 23.3 Å². The topological polar surface area (TPSA) is 71.0 Å². The number of hydrogen-bond donors (Lipinski definition) is 2. The third-order valence-corrected chi connectivity index (χ3v) is 3.37. The summed E-state index contributed by atoms with van der Waals surface area (Å²) in [5.41, 5.74) is 1.09. The van der Waals surface area contributed by atoms with Gasteiger partial charge in [0.1, 0.15) is 0 Å². The second-order valence-electron chi connectivity index (χ2n) is 5.21. The minimum atomic E-state index is 0. The molecule has 2 N–H and O–H groups in total. The average Bonchev–Trinajstić information content (AvgIpc) is 2.58. The standard InChI is InChI=1S/C16H29N5O2.HI/c1-17-16(19-8-10-21(2)9-5-11-22-3)20-13-14-6-7-18-15(12-14)23-4;/h6-7,12H,5,8-11,13H2,1-4H3,(H2,17,19,20);1H. The zero-order valence-electron chi connectivity index (χ0n) is 15.0. The zero-order valence-corrected chi connectivity index (χ0v) is 17.4. The number of nitrogens with zero attached hydrogens (tertiary/aromatic N) is 3. The van der Waals surface area contributed by atoms with Crippen LogP contribution in [0.4, 0.5) is 0 Å². The molecule has 0 saturated heterocycles. The summed E-state index contributed by atoms with van der Waals surface area (Å²) in [6.07, 6.45) is 2.78. The molecule has 24 heavy (non-hydrogen) atoms. The number of halogens is 1. The first-order valence-corrected chi connectivity index (χ1v) is 7.80. The van der Waals surface area contributed by atoms with Crippen molar-refractivity contribution in [3.05, 3.63) is 23.9 Å². The highest BCUT2D eigenvalue weighted by Gasteiger charge is 2.02. The van der Waals surface area contributed by atoms with Crippen molar-refractivity contribution in [2.24, 2.45) is 4.99 Å². The van der Waals surface area contributed by atoms with Gasteiger partial charge >= 0.3 is 0 Å². The summed E-state index contributed by atoms with van der Waals surface area (Å²) in [5, 5.41) is 6.59. The highest BCUT2D eigenvalue weighted by Crippen LogP contribution is 2.07. The Bertz CT molecular complexity index is 474. The van der Waals surface area contributed by atoms with Crippen LogP contribution in [0.1, 0.15) is 12.0 Å². The molecule has 7 nitrogen and oxygen atoms in total. The van der Waals surface area contributed by atoms with Crippen LogP contribution >= 0.6 is 24.0 Å². The number of ether oxygens (including phenoxy) is 2. The first kappa shape index (κ1) is 22.9. The van der Waals surface area contributed by atoms with Crippen molar-refractivity contribution in [1.29, 1.82) is 0 Å². The van der Waals surface area contributed by atoms with Crippen LogP contribution in [0.3, 0.4) is 0 Å². The lowest BCUT2D eigenvalue weighted by Crippen LogP contribution is -2.40. The Balaban J connectivity index is 0.00000529. The number of guanidine groups is 1. The fourth-order valence-electron chi connectivity index (χ4n) is 2.03. The van der Waals surface area contributed by atoms with Gasteiger partial charge in [-0.1, -0.05) is 0 Å². The average molecular weight is 451 g/mol. The van der Waals surface area contributed by atoms with Gasteiger partial charge in [0, 0.05) is 59.2 Å². The van der Waals surface area contributed by atoms with Crippen molar-refractivity contribution in [1.82, 2.24) is 20.5 Å². The summed E-state index contributed by atoms with van der Waals surface area (Å²) in [5.74, 6) is 1.40. The van der Waals surface area contributed by atoms with Crippen LogP contribution in [-0.2, 0) is 11.3 Å². The van der Waals surface area contributed by atoms with Crippen molar-refractivity contribution in [2.75, 3.05) is 54.6 Å². The minimum Gasteiger partial charge on any atom is -0.481 e. The summed E-state index contributed by atoms with van der Waals surface area (Å²) < 4.78 is 10.2. The third kappa shape index (κ3) is 9.89. The maximum Gasteiger partial charge on any atom is 0.213 e. The molecule has 8 heteroatoms. The number of methoxy groups -OCH3 is 2. The van der Waals surface area contributed by atoms with Gasteiger partial charge in [-0.15, -0.1) is 24.0 Å². The van der Waals surface area contributed by atoms with E-state index in [4.69, 9.17) is 9.47 Å². The van der Waals surface area contributed by atoms with Crippen molar-refractivity contribution >= 4 is 29.9 Å². The summed E-state index contributed by atoms with van der Waals surface area (Å²) >= 11 is 0. The molecule has 0 aromatic carbocycles. The predicted octanol–water partition coefficient (Wildman–Crippen LogP) is 1.34. The molecule has 0 unspecified atom stereocenters. The van der Waals surface area contributed by atoms with Gasteiger partial charge in [-0.3, -0.25) is 4.99 Å². The number of aliphatic imine (C=N–C) groups is 1. The molecule has 1 heterocycles. The molecule has 0 fully saturated rings. The number of nitrogens with one attached hydrogen (secondary N) is 2. The highest BCUT2D eigenvalue weighted by molar-refractivity contribution is 14.0. The molecule has 0 aliphatic rings. The van der Waals surface area contributed by atoms with Gasteiger partial charge in [0.25, 0.3) is 0 Å². The third-order valence-electron chi connectivity index (χ3n) is 3.37. The van der Waals surface area contributed by atoms with Gasteiger partial charge in [0.2, 0.25) is 5.88 Å². The fraction of sp³-hybridized carbons (Fsp3) is 0.625. The van der Waals surface area contributed by atoms with Crippen LogP contribution in [-0.4, -0.2) is 70.4 Å². The quantitative estimate of drug-likeness (QED) is 0.242. The Labute approximate surface area is 162 Å². The lowest BCUT2D eigenvalue weighted by atomic mass is 10.2. The second-order valence-corrected chi connectivity index (χ2v) is 5.21. The van der Waals surface area contributed by atoms with Gasteiger partial charge in [0.15, 0.2) is 5.96 Å². The summed E-state index contributed by atoms with van der Waals surface area (Å²) in [6.45, 7) is 4.29. The lowest BCUT2D eigenvalue weighted by molar-refractivity contribution is 0.180. The molecule has 138 valence electrons. The van der Waals surface area contributed by atoms with Crippen molar-refractivity contribution in [3.8, 4) is 5.88 Å². The van der Waals surface area contributed by atoms with E-state index in [1.807, 2.05) is 12.1 Å². The number of hydrogen-bond acceptors (Lipinski definition) is 5. The zero-order chi connectivity index (χ0) is 16.9. The number of pyridine rings is 1. The van der Waals surface area contributed by atoms with E-state index < -0.39 is 0 Å². The molecule has 0 radical (unpaired) electrons. The van der Waals surface area contributed by atoms with Crippen LogP contribution in [0.2, 0.25) is 0 Å². The number of likely N-dealkylation sites (N-methyl/N-ethyl adjacent to an activating group) is 1. The van der Waals surface area contributed by atoms with Gasteiger partial charge in [-0.25, -0.2) is 4.98 Å².